The Morgan fingerprint density at radius 2 is 1.87 bits per heavy atom. The van der Waals surface area contributed by atoms with Gasteiger partial charge in [0.05, 0.1) is 6.10 Å². The highest BCUT2D eigenvalue weighted by atomic mass is 16.3. The molecule has 0 amide bonds. The lowest BCUT2D eigenvalue weighted by Crippen LogP contribution is -2.34. The monoisotopic (exact) mass is 204 g/mol. The molecule has 2 rings (SSSR count). The average molecular weight is 204 g/mol. The van der Waals surface area contributed by atoms with Crippen molar-refractivity contribution in [2.24, 2.45) is 5.41 Å². The van der Waals surface area contributed by atoms with E-state index in [0.29, 0.717) is 0 Å². The van der Waals surface area contributed by atoms with E-state index in [1.165, 1.54) is 11.1 Å². The zero-order valence-electron chi connectivity index (χ0n) is 9.83. The van der Waals surface area contributed by atoms with E-state index >= 15 is 0 Å². The van der Waals surface area contributed by atoms with E-state index < -0.39 is 0 Å². The molecule has 0 fully saturated rings. The van der Waals surface area contributed by atoms with Crippen LogP contribution < -0.4 is 0 Å². The first-order chi connectivity index (χ1) is 7.00. The molecular formula is C14H20O. The summed E-state index contributed by atoms with van der Waals surface area (Å²) >= 11 is 0. The van der Waals surface area contributed by atoms with Crippen LogP contribution in [0.5, 0.6) is 0 Å². The molecule has 0 heterocycles. The molecule has 0 saturated carbocycles. The van der Waals surface area contributed by atoms with E-state index in [-0.39, 0.29) is 17.4 Å². The lowest BCUT2D eigenvalue weighted by Gasteiger charge is -2.39. The normalized spacial score (nSPS) is 26.1. The van der Waals surface area contributed by atoms with Gasteiger partial charge in [0.15, 0.2) is 0 Å². The molecule has 0 bridgehead atoms. The largest absolute Gasteiger partial charge is 0.392 e. The molecule has 0 aromatic heterocycles. The maximum Gasteiger partial charge on any atom is 0.0617 e. The minimum atomic E-state index is -0.181. The summed E-state index contributed by atoms with van der Waals surface area (Å²) in [6.07, 6.45) is 1.74. The first-order valence-electron chi connectivity index (χ1n) is 5.76. The van der Waals surface area contributed by atoms with Gasteiger partial charge in [-0.3, -0.25) is 0 Å². The predicted octanol–water partition coefficient (Wildman–Crippen LogP) is 3.12. The molecular weight excluding hydrogens is 184 g/mol. The standard InChI is InChI=1S/C14H20O/c1-14(2,3)13-11-7-5-4-6-10(11)8-9-12(13)15/h4-7,12-13,15H,8-9H2,1-3H3/t12-,13-/m1/s1. The Balaban J connectivity index is 2.46. The van der Waals surface area contributed by atoms with Crippen molar-refractivity contribution < 1.29 is 5.11 Å². The van der Waals surface area contributed by atoms with Crippen molar-refractivity contribution in [3.05, 3.63) is 35.4 Å². The van der Waals surface area contributed by atoms with Gasteiger partial charge in [0.25, 0.3) is 0 Å². The first-order valence-corrected chi connectivity index (χ1v) is 5.76. The van der Waals surface area contributed by atoms with Crippen LogP contribution >= 0.6 is 0 Å². The molecule has 0 saturated heterocycles. The Hall–Kier alpha value is -0.820. The Morgan fingerprint density at radius 1 is 1.20 bits per heavy atom. The summed E-state index contributed by atoms with van der Waals surface area (Å²) in [5.41, 5.74) is 2.90. The van der Waals surface area contributed by atoms with Gasteiger partial charge in [-0.1, -0.05) is 45.0 Å². The SMILES string of the molecule is CC(C)(C)[C@@H]1c2ccccc2CC[C@H]1O. The molecule has 82 valence electrons. The van der Waals surface area contributed by atoms with Crippen LogP contribution in [0.15, 0.2) is 24.3 Å². The molecule has 1 aromatic rings. The Bertz CT molecular complexity index is 349. The van der Waals surface area contributed by atoms with E-state index in [1.54, 1.807) is 0 Å². The van der Waals surface area contributed by atoms with Gasteiger partial charge in [0.1, 0.15) is 0 Å². The van der Waals surface area contributed by atoms with E-state index in [4.69, 9.17) is 0 Å². The van der Waals surface area contributed by atoms with Crippen LogP contribution in [0.2, 0.25) is 0 Å². The van der Waals surface area contributed by atoms with E-state index in [1.807, 2.05) is 0 Å². The van der Waals surface area contributed by atoms with Crippen molar-refractivity contribution in [3.63, 3.8) is 0 Å². The maximum absolute atomic E-state index is 10.2. The number of benzene rings is 1. The average Bonchev–Trinajstić information content (AvgIpc) is 2.15. The van der Waals surface area contributed by atoms with E-state index in [2.05, 4.69) is 45.0 Å². The first kappa shape index (κ1) is 10.7. The Kier molecular flexibility index (Phi) is 2.59. The number of aliphatic hydroxyl groups excluding tert-OH is 1. The van der Waals surface area contributed by atoms with Crippen LogP contribution in [0.1, 0.15) is 44.2 Å². The second-order valence-electron chi connectivity index (χ2n) is 5.65. The Labute approximate surface area is 92.1 Å². The number of aliphatic hydroxyl groups is 1. The fourth-order valence-electron chi connectivity index (χ4n) is 2.79. The van der Waals surface area contributed by atoms with Crippen LogP contribution in [0.25, 0.3) is 0 Å². The van der Waals surface area contributed by atoms with Crippen molar-refractivity contribution in [2.45, 2.75) is 45.6 Å². The van der Waals surface area contributed by atoms with Crippen molar-refractivity contribution in [3.8, 4) is 0 Å². The highest BCUT2D eigenvalue weighted by molar-refractivity contribution is 5.35. The van der Waals surface area contributed by atoms with Gasteiger partial charge in [0.2, 0.25) is 0 Å². The zero-order valence-corrected chi connectivity index (χ0v) is 9.83. The molecule has 1 aliphatic carbocycles. The Morgan fingerprint density at radius 3 is 2.53 bits per heavy atom. The summed E-state index contributed by atoms with van der Waals surface area (Å²) < 4.78 is 0. The van der Waals surface area contributed by atoms with Gasteiger partial charge in [-0.25, -0.2) is 0 Å². The molecule has 0 aliphatic heterocycles. The number of fused-ring (bicyclic) bond motifs is 1. The van der Waals surface area contributed by atoms with Gasteiger partial charge in [-0.2, -0.15) is 0 Å². The number of rotatable bonds is 0. The molecule has 0 unspecified atom stereocenters. The summed E-state index contributed by atoms with van der Waals surface area (Å²) in [5, 5.41) is 10.2. The third kappa shape index (κ3) is 1.93. The summed E-state index contributed by atoms with van der Waals surface area (Å²) in [6, 6.07) is 8.54. The third-order valence-corrected chi connectivity index (χ3v) is 3.42. The van der Waals surface area contributed by atoms with Crippen LogP contribution in [-0.4, -0.2) is 11.2 Å². The van der Waals surface area contributed by atoms with E-state index in [9.17, 15) is 5.11 Å². The van der Waals surface area contributed by atoms with Crippen molar-refractivity contribution in [1.29, 1.82) is 0 Å². The van der Waals surface area contributed by atoms with Gasteiger partial charge in [-0.05, 0) is 29.4 Å². The highest BCUT2D eigenvalue weighted by Crippen LogP contribution is 2.43. The molecule has 2 atom stereocenters. The second kappa shape index (κ2) is 3.64. The molecule has 1 aromatic carbocycles. The lowest BCUT2D eigenvalue weighted by molar-refractivity contribution is 0.0746. The molecule has 1 N–H and O–H groups in total. The zero-order chi connectivity index (χ0) is 11.1. The topological polar surface area (TPSA) is 20.2 Å². The van der Waals surface area contributed by atoms with Crippen molar-refractivity contribution in [2.75, 3.05) is 0 Å². The number of aryl methyl sites for hydroxylation is 1. The fourth-order valence-corrected chi connectivity index (χ4v) is 2.79. The summed E-state index contributed by atoms with van der Waals surface area (Å²) in [4.78, 5) is 0. The molecule has 0 spiro atoms. The van der Waals surface area contributed by atoms with Crippen molar-refractivity contribution >= 4 is 0 Å². The minimum Gasteiger partial charge on any atom is -0.392 e. The summed E-state index contributed by atoms with van der Waals surface area (Å²) in [5.74, 6) is 0.280. The highest BCUT2D eigenvalue weighted by Gasteiger charge is 2.36. The van der Waals surface area contributed by atoms with E-state index in [0.717, 1.165) is 12.8 Å². The summed E-state index contributed by atoms with van der Waals surface area (Å²) in [7, 11) is 0. The minimum absolute atomic E-state index is 0.135. The van der Waals surface area contributed by atoms with Crippen LogP contribution in [0.4, 0.5) is 0 Å². The molecule has 0 radical (unpaired) electrons. The second-order valence-corrected chi connectivity index (χ2v) is 5.65. The van der Waals surface area contributed by atoms with Crippen LogP contribution in [-0.2, 0) is 6.42 Å². The van der Waals surface area contributed by atoms with Gasteiger partial charge >= 0.3 is 0 Å². The maximum atomic E-state index is 10.2. The molecule has 1 aliphatic rings. The quantitative estimate of drug-likeness (QED) is 0.688. The molecule has 1 nitrogen and oxygen atoms in total. The fraction of sp³-hybridized carbons (Fsp3) is 0.571. The lowest BCUT2D eigenvalue weighted by atomic mass is 9.68. The smallest absolute Gasteiger partial charge is 0.0617 e. The van der Waals surface area contributed by atoms with Crippen LogP contribution in [0.3, 0.4) is 0 Å². The number of hydrogen-bond acceptors (Lipinski definition) is 1. The van der Waals surface area contributed by atoms with Gasteiger partial charge in [0, 0.05) is 5.92 Å². The van der Waals surface area contributed by atoms with Gasteiger partial charge in [-0.15, -0.1) is 0 Å². The predicted molar refractivity (Wildman–Crippen MR) is 63.0 cm³/mol. The number of hydrogen-bond donors (Lipinski definition) is 1. The summed E-state index contributed by atoms with van der Waals surface area (Å²) in [6.45, 7) is 6.63. The molecule has 15 heavy (non-hydrogen) atoms. The molecule has 1 heteroatoms. The van der Waals surface area contributed by atoms with Crippen molar-refractivity contribution in [1.82, 2.24) is 0 Å². The van der Waals surface area contributed by atoms with Gasteiger partial charge < -0.3 is 5.11 Å². The third-order valence-electron chi connectivity index (χ3n) is 3.42. The van der Waals surface area contributed by atoms with Crippen LogP contribution in [0, 0.1) is 5.41 Å².